The first-order valence-electron chi connectivity index (χ1n) is 11.1. The normalized spacial score (nSPS) is 13.2. The van der Waals surface area contributed by atoms with E-state index in [1.807, 2.05) is 42.5 Å². The van der Waals surface area contributed by atoms with Crippen molar-refractivity contribution in [2.75, 3.05) is 0 Å². The number of hydrogen-bond donors (Lipinski definition) is 0. The van der Waals surface area contributed by atoms with E-state index in [-0.39, 0.29) is 18.1 Å². The fraction of sp³-hybridized carbons (Fsp3) is 0.321. The predicted octanol–water partition coefficient (Wildman–Crippen LogP) is 6.41. The third-order valence-electron chi connectivity index (χ3n) is 5.80. The van der Waals surface area contributed by atoms with Gasteiger partial charge in [-0.2, -0.15) is 0 Å². The highest BCUT2D eigenvalue weighted by atomic mass is 16.5. The zero-order valence-corrected chi connectivity index (χ0v) is 18.8. The molecule has 0 aliphatic heterocycles. The van der Waals surface area contributed by atoms with Crippen LogP contribution in [0.1, 0.15) is 49.9 Å². The Labute approximate surface area is 186 Å². The van der Waals surface area contributed by atoms with Crippen molar-refractivity contribution in [1.82, 2.24) is 4.90 Å². The highest BCUT2D eigenvalue weighted by Crippen LogP contribution is 2.29. The summed E-state index contributed by atoms with van der Waals surface area (Å²) in [6.45, 7) is 7.70. The van der Waals surface area contributed by atoms with Gasteiger partial charge in [0.05, 0.1) is 6.42 Å². The summed E-state index contributed by atoms with van der Waals surface area (Å²) in [5.41, 5.74) is 3.51. The Kier molecular flexibility index (Phi) is 8.43. The van der Waals surface area contributed by atoms with Crippen molar-refractivity contribution in [1.29, 1.82) is 0 Å². The summed E-state index contributed by atoms with van der Waals surface area (Å²) in [6, 6.07) is 31.1. The number of carbonyl (C=O) groups is 1. The predicted molar refractivity (Wildman–Crippen MR) is 126 cm³/mol. The average Bonchev–Trinajstić information content (AvgIpc) is 2.81. The molecule has 0 aromatic heterocycles. The summed E-state index contributed by atoms with van der Waals surface area (Å²) in [4.78, 5) is 15.2. The van der Waals surface area contributed by atoms with Crippen LogP contribution in [0.5, 0.6) is 0 Å². The summed E-state index contributed by atoms with van der Waals surface area (Å²) >= 11 is 0. The van der Waals surface area contributed by atoms with E-state index in [0.717, 1.165) is 12.1 Å². The molecule has 0 saturated carbocycles. The van der Waals surface area contributed by atoms with Crippen LogP contribution in [0.2, 0.25) is 0 Å². The van der Waals surface area contributed by atoms with Gasteiger partial charge in [-0.15, -0.1) is 0 Å². The van der Waals surface area contributed by atoms with Gasteiger partial charge in [-0.25, -0.2) is 0 Å². The summed E-state index contributed by atoms with van der Waals surface area (Å²) < 4.78 is 5.63. The molecule has 0 heterocycles. The molecule has 3 aromatic carbocycles. The Morgan fingerprint density at radius 1 is 0.774 bits per heavy atom. The molecule has 2 atom stereocenters. The molecular formula is C28H33NO2. The monoisotopic (exact) mass is 415 g/mol. The fourth-order valence-corrected chi connectivity index (χ4v) is 3.96. The molecule has 3 nitrogen and oxygen atoms in total. The lowest BCUT2D eigenvalue weighted by atomic mass is 9.94. The van der Waals surface area contributed by atoms with Crippen molar-refractivity contribution in [2.24, 2.45) is 5.92 Å². The molecule has 0 spiro atoms. The lowest BCUT2D eigenvalue weighted by Crippen LogP contribution is -2.42. The zero-order chi connectivity index (χ0) is 22.1. The third kappa shape index (κ3) is 6.80. The molecular weight excluding hydrogens is 382 g/mol. The molecule has 0 aliphatic carbocycles. The first kappa shape index (κ1) is 22.8. The lowest BCUT2D eigenvalue weighted by Gasteiger charge is -2.39. The van der Waals surface area contributed by atoms with Gasteiger partial charge < -0.3 is 4.74 Å². The second kappa shape index (κ2) is 11.5. The zero-order valence-electron chi connectivity index (χ0n) is 18.8. The van der Waals surface area contributed by atoms with Gasteiger partial charge in [0.2, 0.25) is 0 Å². The van der Waals surface area contributed by atoms with Crippen LogP contribution in [0.15, 0.2) is 91.0 Å². The SMILES string of the molecule is CC(C)[C@H](CC(=O)OCc1ccccc1)N(Cc1ccccc1)[C@H](C)c1ccccc1. The Balaban J connectivity index is 1.78. The standard InChI is InChI=1S/C28H33NO2/c1-22(2)27(19-28(30)31-21-25-15-9-5-10-16-25)29(20-24-13-7-4-8-14-24)23(3)26-17-11-6-12-18-26/h4-18,22-23,27H,19-21H2,1-3H3/t23-,27+/m1/s1. The summed E-state index contributed by atoms with van der Waals surface area (Å²) in [5, 5.41) is 0. The van der Waals surface area contributed by atoms with Gasteiger partial charge in [-0.05, 0) is 29.5 Å². The van der Waals surface area contributed by atoms with Crippen LogP contribution < -0.4 is 0 Å². The first-order chi connectivity index (χ1) is 15.0. The average molecular weight is 416 g/mol. The van der Waals surface area contributed by atoms with Crippen molar-refractivity contribution >= 4 is 5.97 Å². The third-order valence-corrected chi connectivity index (χ3v) is 5.80. The number of benzene rings is 3. The number of hydrogen-bond acceptors (Lipinski definition) is 3. The maximum atomic E-state index is 12.8. The van der Waals surface area contributed by atoms with Gasteiger partial charge >= 0.3 is 5.97 Å². The molecule has 162 valence electrons. The second-order valence-corrected chi connectivity index (χ2v) is 8.41. The molecule has 0 N–H and O–H groups in total. The molecule has 0 radical (unpaired) electrons. The minimum atomic E-state index is -0.152. The lowest BCUT2D eigenvalue weighted by molar-refractivity contribution is -0.147. The van der Waals surface area contributed by atoms with E-state index in [1.54, 1.807) is 0 Å². The Hall–Kier alpha value is -2.91. The Bertz CT molecular complexity index is 910. The van der Waals surface area contributed by atoms with Crippen LogP contribution in [0.4, 0.5) is 0 Å². The van der Waals surface area contributed by atoms with Crippen LogP contribution >= 0.6 is 0 Å². The molecule has 0 saturated heterocycles. The molecule has 0 amide bonds. The Morgan fingerprint density at radius 2 is 1.29 bits per heavy atom. The summed E-state index contributed by atoms with van der Waals surface area (Å²) in [5.74, 6) is 0.153. The topological polar surface area (TPSA) is 29.5 Å². The van der Waals surface area contributed by atoms with E-state index < -0.39 is 0 Å². The van der Waals surface area contributed by atoms with Crippen molar-refractivity contribution < 1.29 is 9.53 Å². The molecule has 0 fully saturated rings. The minimum absolute atomic E-state index is 0.0682. The first-order valence-corrected chi connectivity index (χ1v) is 11.1. The van der Waals surface area contributed by atoms with Crippen LogP contribution in [0, 0.1) is 5.92 Å². The quantitative estimate of drug-likeness (QED) is 0.358. The number of nitrogens with zero attached hydrogens (tertiary/aromatic N) is 1. The van der Waals surface area contributed by atoms with Crippen LogP contribution in [0.25, 0.3) is 0 Å². The Morgan fingerprint density at radius 3 is 1.84 bits per heavy atom. The summed E-state index contributed by atoms with van der Waals surface area (Å²) in [6.07, 6.45) is 0.370. The molecule has 0 unspecified atom stereocenters. The van der Waals surface area contributed by atoms with Crippen molar-refractivity contribution in [3.05, 3.63) is 108 Å². The van der Waals surface area contributed by atoms with Crippen LogP contribution in [0.3, 0.4) is 0 Å². The van der Waals surface area contributed by atoms with E-state index in [1.165, 1.54) is 11.1 Å². The van der Waals surface area contributed by atoms with Crippen LogP contribution in [-0.2, 0) is 22.7 Å². The van der Waals surface area contributed by atoms with E-state index in [4.69, 9.17) is 4.74 Å². The molecule has 3 aromatic rings. The van der Waals surface area contributed by atoms with Gasteiger partial charge in [0.25, 0.3) is 0 Å². The smallest absolute Gasteiger partial charge is 0.307 e. The molecule has 0 aliphatic rings. The molecule has 31 heavy (non-hydrogen) atoms. The van der Waals surface area contributed by atoms with Gasteiger partial charge in [-0.3, -0.25) is 9.69 Å². The molecule has 0 bridgehead atoms. The number of carbonyl (C=O) groups excluding carboxylic acids is 1. The van der Waals surface area contributed by atoms with Crippen LogP contribution in [-0.4, -0.2) is 16.9 Å². The number of rotatable bonds is 10. The van der Waals surface area contributed by atoms with Crippen molar-refractivity contribution in [3.8, 4) is 0 Å². The van der Waals surface area contributed by atoms with E-state index in [0.29, 0.717) is 18.9 Å². The highest BCUT2D eigenvalue weighted by Gasteiger charge is 2.29. The van der Waals surface area contributed by atoms with Crippen molar-refractivity contribution in [3.63, 3.8) is 0 Å². The maximum absolute atomic E-state index is 12.8. The van der Waals surface area contributed by atoms with E-state index in [9.17, 15) is 4.79 Å². The number of ether oxygens (including phenoxy) is 1. The fourth-order valence-electron chi connectivity index (χ4n) is 3.96. The van der Waals surface area contributed by atoms with Gasteiger partial charge in [0, 0.05) is 18.6 Å². The second-order valence-electron chi connectivity index (χ2n) is 8.41. The molecule has 3 heteroatoms. The largest absolute Gasteiger partial charge is 0.461 e. The molecule has 3 rings (SSSR count). The minimum Gasteiger partial charge on any atom is -0.461 e. The highest BCUT2D eigenvalue weighted by molar-refractivity contribution is 5.70. The van der Waals surface area contributed by atoms with E-state index >= 15 is 0 Å². The summed E-state index contributed by atoms with van der Waals surface area (Å²) in [7, 11) is 0. The van der Waals surface area contributed by atoms with Gasteiger partial charge in [0.1, 0.15) is 6.61 Å². The van der Waals surface area contributed by atoms with E-state index in [2.05, 4.69) is 74.2 Å². The van der Waals surface area contributed by atoms with Gasteiger partial charge in [-0.1, -0.05) is 105 Å². The maximum Gasteiger partial charge on any atom is 0.307 e. The van der Waals surface area contributed by atoms with Gasteiger partial charge in [0.15, 0.2) is 0 Å². The van der Waals surface area contributed by atoms with Crippen molar-refractivity contribution in [2.45, 2.75) is 52.4 Å². The number of esters is 1.